The monoisotopic (exact) mass is 220 g/mol. The highest BCUT2D eigenvalue weighted by atomic mass is 16.5. The molecule has 6 heteroatoms. The van der Waals surface area contributed by atoms with E-state index in [1.807, 2.05) is 0 Å². The van der Waals surface area contributed by atoms with Gasteiger partial charge >= 0.3 is 0 Å². The molecule has 0 atom stereocenters. The summed E-state index contributed by atoms with van der Waals surface area (Å²) in [6.07, 6.45) is 4.75. The zero-order valence-corrected chi connectivity index (χ0v) is 8.88. The van der Waals surface area contributed by atoms with E-state index in [1.165, 1.54) is 6.33 Å². The average Bonchev–Trinajstić information content (AvgIpc) is 2.73. The standard InChI is InChI=1S/C10H12N4O2/c1-16-3-2-12-10(15)8-4-9-5-11-7-13-14(9)6-8/h4-7H,2-3H2,1H3,(H,12,15). The van der Waals surface area contributed by atoms with Gasteiger partial charge in [-0.25, -0.2) is 9.50 Å². The number of rotatable bonds is 4. The molecule has 1 N–H and O–H groups in total. The first-order valence-electron chi connectivity index (χ1n) is 4.87. The van der Waals surface area contributed by atoms with Gasteiger partial charge in [0, 0.05) is 19.9 Å². The summed E-state index contributed by atoms with van der Waals surface area (Å²) in [5.41, 5.74) is 1.36. The van der Waals surface area contributed by atoms with Crippen LogP contribution in [0.15, 0.2) is 24.8 Å². The van der Waals surface area contributed by atoms with Crippen LogP contribution >= 0.6 is 0 Å². The lowest BCUT2D eigenvalue weighted by Gasteiger charge is -2.01. The predicted molar refractivity (Wildman–Crippen MR) is 57.2 cm³/mol. The van der Waals surface area contributed by atoms with E-state index in [2.05, 4.69) is 15.4 Å². The summed E-state index contributed by atoms with van der Waals surface area (Å²) >= 11 is 0. The molecule has 2 aromatic heterocycles. The van der Waals surface area contributed by atoms with Crippen molar-refractivity contribution in [3.8, 4) is 0 Å². The van der Waals surface area contributed by atoms with Gasteiger partial charge in [0.15, 0.2) is 0 Å². The lowest BCUT2D eigenvalue weighted by Crippen LogP contribution is -2.26. The van der Waals surface area contributed by atoms with Gasteiger partial charge in [0.25, 0.3) is 5.91 Å². The number of fused-ring (bicyclic) bond motifs is 1. The minimum Gasteiger partial charge on any atom is -0.383 e. The third-order valence-electron chi connectivity index (χ3n) is 2.13. The molecular weight excluding hydrogens is 208 g/mol. The van der Waals surface area contributed by atoms with E-state index in [0.717, 1.165) is 5.52 Å². The molecule has 0 saturated heterocycles. The maximum atomic E-state index is 11.7. The molecule has 2 aromatic rings. The minimum atomic E-state index is -0.137. The SMILES string of the molecule is COCCNC(=O)c1cc2cncnn2c1. The second-order valence-electron chi connectivity index (χ2n) is 3.26. The van der Waals surface area contributed by atoms with Gasteiger partial charge in [-0.1, -0.05) is 0 Å². The Labute approximate surface area is 92.2 Å². The zero-order chi connectivity index (χ0) is 11.4. The fourth-order valence-electron chi connectivity index (χ4n) is 1.35. The topological polar surface area (TPSA) is 68.5 Å². The third kappa shape index (κ3) is 2.17. The van der Waals surface area contributed by atoms with Crippen LogP contribution in [0.25, 0.3) is 5.52 Å². The Morgan fingerprint density at radius 2 is 2.50 bits per heavy atom. The number of hydrogen-bond donors (Lipinski definition) is 1. The average molecular weight is 220 g/mol. The van der Waals surface area contributed by atoms with Crippen LogP contribution in [0.4, 0.5) is 0 Å². The highest BCUT2D eigenvalue weighted by Crippen LogP contribution is 2.06. The van der Waals surface area contributed by atoms with Crippen LogP contribution in [-0.2, 0) is 4.74 Å². The maximum Gasteiger partial charge on any atom is 0.253 e. The van der Waals surface area contributed by atoms with Crippen molar-refractivity contribution in [2.75, 3.05) is 20.3 Å². The van der Waals surface area contributed by atoms with Crippen LogP contribution in [-0.4, -0.2) is 40.8 Å². The fourth-order valence-corrected chi connectivity index (χ4v) is 1.35. The molecule has 0 saturated carbocycles. The second-order valence-corrected chi connectivity index (χ2v) is 3.26. The van der Waals surface area contributed by atoms with Crippen molar-refractivity contribution in [2.24, 2.45) is 0 Å². The number of hydrogen-bond acceptors (Lipinski definition) is 4. The number of amides is 1. The fraction of sp³-hybridized carbons (Fsp3) is 0.300. The van der Waals surface area contributed by atoms with Gasteiger partial charge in [-0.3, -0.25) is 4.79 Å². The van der Waals surface area contributed by atoms with Crippen molar-refractivity contribution in [1.82, 2.24) is 19.9 Å². The first-order chi connectivity index (χ1) is 7.81. The van der Waals surface area contributed by atoms with Crippen LogP contribution in [0.3, 0.4) is 0 Å². The van der Waals surface area contributed by atoms with Gasteiger partial charge in [0.05, 0.1) is 23.9 Å². The van der Waals surface area contributed by atoms with E-state index in [1.54, 1.807) is 30.1 Å². The van der Waals surface area contributed by atoms with Crippen molar-refractivity contribution < 1.29 is 9.53 Å². The molecule has 0 bridgehead atoms. The summed E-state index contributed by atoms with van der Waals surface area (Å²) in [4.78, 5) is 15.5. The van der Waals surface area contributed by atoms with Crippen LogP contribution < -0.4 is 5.32 Å². The molecule has 0 aliphatic heterocycles. The Hall–Kier alpha value is -1.95. The number of ether oxygens (including phenoxy) is 1. The van der Waals surface area contributed by atoms with Gasteiger partial charge in [-0.15, -0.1) is 0 Å². The van der Waals surface area contributed by atoms with Crippen LogP contribution in [0.2, 0.25) is 0 Å². The van der Waals surface area contributed by atoms with E-state index in [0.29, 0.717) is 18.7 Å². The molecule has 0 spiro atoms. The molecule has 2 rings (SSSR count). The largest absolute Gasteiger partial charge is 0.383 e. The normalized spacial score (nSPS) is 10.6. The lowest BCUT2D eigenvalue weighted by molar-refractivity contribution is 0.0937. The maximum absolute atomic E-state index is 11.7. The summed E-state index contributed by atoms with van der Waals surface area (Å²) in [6, 6.07) is 1.74. The summed E-state index contributed by atoms with van der Waals surface area (Å²) < 4.78 is 6.45. The third-order valence-corrected chi connectivity index (χ3v) is 2.13. The second kappa shape index (κ2) is 4.71. The van der Waals surface area contributed by atoms with Crippen molar-refractivity contribution in [3.05, 3.63) is 30.4 Å². The van der Waals surface area contributed by atoms with Gasteiger partial charge in [0.1, 0.15) is 6.33 Å². The first kappa shape index (κ1) is 10.6. The van der Waals surface area contributed by atoms with Crippen molar-refractivity contribution in [3.63, 3.8) is 0 Å². The Balaban J connectivity index is 2.11. The van der Waals surface area contributed by atoms with Crippen LogP contribution in [0, 0.1) is 0 Å². The molecule has 16 heavy (non-hydrogen) atoms. The molecule has 6 nitrogen and oxygen atoms in total. The highest BCUT2D eigenvalue weighted by Gasteiger charge is 2.08. The first-order valence-corrected chi connectivity index (χ1v) is 4.87. The number of nitrogens with zero attached hydrogens (tertiary/aromatic N) is 3. The molecule has 0 aliphatic rings. The summed E-state index contributed by atoms with van der Waals surface area (Å²) in [5, 5.41) is 6.72. The predicted octanol–water partition coefficient (Wildman–Crippen LogP) is 0.105. The molecule has 1 amide bonds. The molecular formula is C10H12N4O2. The molecule has 0 aliphatic carbocycles. The van der Waals surface area contributed by atoms with Crippen molar-refractivity contribution >= 4 is 11.4 Å². The number of nitrogens with one attached hydrogen (secondary N) is 1. The van der Waals surface area contributed by atoms with Crippen molar-refractivity contribution in [1.29, 1.82) is 0 Å². The van der Waals surface area contributed by atoms with Gasteiger partial charge < -0.3 is 10.1 Å². The molecule has 2 heterocycles. The van der Waals surface area contributed by atoms with E-state index in [9.17, 15) is 4.79 Å². The number of methoxy groups -OCH3 is 1. The Kier molecular flexibility index (Phi) is 3.11. The van der Waals surface area contributed by atoms with E-state index in [-0.39, 0.29) is 5.91 Å². The lowest BCUT2D eigenvalue weighted by atomic mass is 10.3. The van der Waals surface area contributed by atoms with E-state index < -0.39 is 0 Å². The Morgan fingerprint density at radius 3 is 3.25 bits per heavy atom. The Bertz CT molecular complexity index is 461. The van der Waals surface area contributed by atoms with E-state index in [4.69, 9.17) is 4.74 Å². The molecule has 0 aromatic carbocycles. The number of carbonyl (C=O) groups is 1. The number of carbonyl (C=O) groups excluding carboxylic acids is 1. The van der Waals surface area contributed by atoms with Crippen molar-refractivity contribution in [2.45, 2.75) is 0 Å². The highest BCUT2D eigenvalue weighted by molar-refractivity contribution is 5.95. The van der Waals surface area contributed by atoms with Crippen LogP contribution in [0.5, 0.6) is 0 Å². The molecule has 0 fully saturated rings. The van der Waals surface area contributed by atoms with Gasteiger partial charge in [-0.05, 0) is 6.07 Å². The molecule has 0 radical (unpaired) electrons. The van der Waals surface area contributed by atoms with Gasteiger partial charge in [-0.2, -0.15) is 5.10 Å². The zero-order valence-electron chi connectivity index (χ0n) is 8.88. The minimum absolute atomic E-state index is 0.137. The summed E-state index contributed by atoms with van der Waals surface area (Å²) in [6.45, 7) is 0.992. The smallest absolute Gasteiger partial charge is 0.253 e. The van der Waals surface area contributed by atoms with Crippen LogP contribution in [0.1, 0.15) is 10.4 Å². The summed E-state index contributed by atoms with van der Waals surface area (Å²) in [5.74, 6) is -0.137. The van der Waals surface area contributed by atoms with Gasteiger partial charge in [0.2, 0.25) is 0 Å². The number of aromatic nitrogens is 3. The molecule has 0 unspecified atom stereocenters. The molecule has 84 valence electrons. The quantitative estimate of drug-likeness (QED) is 0.742. The summed E-state index contributed by atoms with van der Waals surface area (Å²) in [7, 11) is 1.59. The Morgan fingerprint density at radius 1 is 1.62 bits per heavy atom. The van der Waals surface area contributed by atoms with E-state index >= 15 is 0 Å².